The molecule has 136 valence electrons. The number of hydrogen-bond donors (Lipinski definition) is 1. The first-order valence-corrected chi connectivity index (χ1v) is 10.5. The largest absolute Gasteiger partial charge is 0.378 e. The first-order valence-electron chi connectivity index (χ1n) is 8.25. The van der Waals surface area contributed by atoms with Crippen molar-refractivity contribution in [3.05, 3.63) is 17.0 Å². The summed E-state index contributed by atoms with van der Waals surface area (Å²) >= 11 is 1.28. The van der Waals surface area contributed by atoms with Crippen LogP contribution in [0.15, 0.2) is 16.3 Å². The SMILES string of the molecule is CC(C)CC(=O)NCCc1ccc(S(=O)(=O)N2CCOC[C@@H]2C)s1. The number of carbonyl (C=O) groups is 1. The van der Waals surface area contributed by atoms with Gasteiger partial charge in [-0.15, -0.1) is 11.3 Å². The molecule has 1 atom stereocenters. The fourth-order valence-electron chi connectivity index (χ4n) is 2.58. The van der Waals surface area contributed by atoms with E-state index in [0.717, 1.165) is 4.88 Å². The predicted octanol–water partition coefficient (Wildman–Crippen LogP) is 1.86. The van der Waals surface area contributed by atoms with Crippen LogP contribution in [0.25, 0.3) is 0 Å². The highest BCUT2D eigenvalue weighted by Gasteiger charge is 2.32. The number of morpholine rings is 1. The minimum atomic E-state index is -3.46. The molecule has 1 amide bonds. The van der Waals surface area contributed by atoms with Crippen molar-refractivity contribution in [2.75, 3.05) is 26.3 Å². The van der Waals surface area contributed by atoms with Gasteiger partial charge in [-0.25, -0.2) is 8.42 Å². The van der Waals surface area contributed by atoms with Crippen molar-refractivity contribution >= 4 is 27.3 Å². The first-order chi connectivity index (χ1) is 11.3. The van der Waals surface area contributed by atoms with E-state index in [9.17, 15) is 13.2 Å². The van der Waals surface area contributed by atoms with Gasteiger partial charge in [0.25, 0.3) is 10.0 Å². The van der Waals surface area contributed by atoms with Crippen molar-refractivity contribution in [3.8, 4) is 0 Å². The van der Waals surface area contributed by atoms with Gasteiger partial charge in [0.05, 0.1) is 13.2 Å². The number of nitrogens with one attached hydrogen (secondary N) is 1. The predicted molar refractivity (Wildman–Crippen MR) is 94.7 cm³/mol. The van der Waals surface area contributed by atoms with E-state index in [4.69, 9.17) is 4.74 Å². The van der Waals surface area contributed by atoms with Crippen LogP contribution >= 0.6 is 11.3 Å². The standard InChI is InChI=1S/C16H26N2O4S2/c1-12(2)10-15(19)17-7-6-14-4-5-16(23-14)24(20,21)18-8-9-22-11-13(18)3/h4-5,12-13H,6-11H2,1-3H3,(H,17,19)/t13-/m0/s1. The van der Waals surface area contributed by atoms with E-state index in [1.807, 2.05) is 26.8 Å². The van der Waals surface area contributed by atoms with Gasteiger partial charge in [0.2, 0.25) is 5.91 Å². The number of thiophene rings is 1. The summed E-state index contributed by atoms with van der Waals surface area (Å²) in [5, 5.41) is 2.87. The van der Waals surface area contributed by atoms with Gasteiger partial charge in [0.15, 0.2) is 0 Å². The summed E-state index contributed by atoms with van der Waals surface area (Å²) in [6.45, 7) is 7.64. The highest BCUT2D eigenvalue weighted by atomic mass is 32.2. The van der Waals surface area contributed by atoms with Gasteiger partial charge in [-0.05, 0) is 31.4 Å². The van der Waals surface area contributed by atoms with Gasteiger partial charge in [-0.1, -0.05) is 13.8 Å². The lowest BCUT2D eigenvalue weighted by Gasteiger charge is -2.31. The molecule has 1 saturated heterocycles. The van der Waals surface area contributed by atoms with E-state index in [1.54, 1.807) is 6.07 Å². The molecule has 1 fully saturated rings. The van der Waals surface area contributed by atoms with Crippen molar-refractivity contribution in [1.82, 2.24) is 9.62 Å². The first kappa shape index (κ1) is 19.4. The molecular formula is C16H26N2O4S2. The second kappa shape index (κ2) is 8.42. The average Bonchev–Trinajstić information content (AvgIpc) is 2.96. The lowest BCUT2D eigenvalue weighted by molar-refractivity contribution is -0.121. The molecule has 6 nitrogen and oxygen atoms in total. The van der Waals surface area contributed by atoms with Crippen LogP contribution in [-0.2, 0) is 26.0 Å². The number of hydrogen-bond acceptors (Lipinski definition) is 5. The number of sulfonamides is 1. The Balaban J connectivity index is 1.93. The van der Waals surface area contributed by atoms with Gasteiger partial charge in [-0.3, -0.25) is 4.79 Å². The lowest BCUT2D eigenvalue weighted by atomic mass is 10.1. The maximum absolute atomic E-state index is 12.7. The zero-order chi connectivity index (χ0) is 17.7. The van der Waals surface area contributed by atoms with Crippen LogP contribution in [-0.4, -0.2) is 51.0 Å². The molecular weight excluding hydrogens is 348 g/mol. The Morgan fingerprint density at radius 3 is 2.88 bits per heavy atom. The van der Waals surface area contributed by atoms with Crippen LogP contribution in [0.1, 0.15) is 32.1 Å². The molecule has 0 unspecified atom stereocenters. The Labute approximate surface area is 148 Å². The number of nitrogens with zero attached hydrogens (tertiary/aromatic N) is 1. The zero-order valence-electron chi connectivity index (χ0n) is 14.4. The van der Waals surface area contributed by atoms with E-state index in [2.05, 4.69) is 5.32 Å². The molecule has 1 aliphatic heterocycles. The van der Waals surface area contributed by atoms with E-state index in [1.165, 1.54) is 15.6 Å². The van der Waals surface area contributed by atoms with E-state index in [-0.39, 0.29) is 11.9 Å². The van der Waals surface area contributed by atoms with Crippen molar-refractivity contribution in [2.45, 2.75) is 43.9 Å². The fraction of sp³-hybridized carbons (Fsp3) is 0.688. The van der Waals surface area contributed by atoms with E-state index in [0.29, 0.717) is 49.3 Å². The van der Waals surface area contributed by atoms with Crippen LogP contribution in [0.4, 0.5) is 0 Å². The van der Waals surface area contributed by atoms with Crippen molar-refractivity contribution in [2.24, 2.45) is 5.92 Å². The topological polar surface area (TPSA) is 75.7 Å². The zero-order valence-corrected chi connectivity index (χ0v) is 16.1. The maximum atomic E-state index is 12.7. The third-order valence-electron chi connectivity index (χ3n) is 3.79. The second-order valence-corrected chi connectivity index (χ2v) is 9.74. The molecule has 0 bridgehead atoms. The highest BCUT2D eigenvalue weighted by Crippen LogP contribution is 2.27. The molecule has 0 saturated carbocycles. The summed E-state index contributed by atoms with van der Waals surface area (Å²) in [5.74, 6) is 0.371. The maximum Gasteiger partial charge on any atom is 0.252 e. The number of ether oxygens (including phenoxy) is 1. The summed E-state index contributed by atoms with van der Waals surface area (Å²) in [6.07, 6.45) is 1.15. The Kier molecular flexibility index (Phi) is 6.79. The fourth-order valence-corrected chi connectivity index (χ4v) is 5.67. The highest BCUT2D eigenvalue weighted by molar-refractivity contribution is 7.91. The number of rotatable bonds is 7. The number of carbonyl (C=O) groups excluding carboxylic acids is 1. The molecule has 8 heteroatoms. The normalized spacial score (nSPS) is 19.6. The molecule has 2 rings (SSSR count). The molecule has 0 spiro atoms. The summed E-state index contributed by atoms with van der Waals surface area (Å²) in [4.78, 5) is 12.6. The molecule has 1 N–H and O–H groups in total. The van der Waals surface area contributed by atoms with Crippen molar-refractivity contribution in [1.29, 1.82) is 0 Å². The van der Waals surface area contributed by atoms with Gasteiger partial charge < -0.3 is 10.1 Å². The van der Waals surface area contributed by atoms with Crippen LogP contribution in [0.5, 0.6) is 0 Å². The molecule has 1 aromatic rings. The van der Waals surface area contributed by atoms with Gasteiger partial charge in [-0.2, -0.15) is 4.31 Å². The van der Waals surface area contributed by atoms with Gasteiger partial charge >= 0.3 is 0 Å². The van der Waals surface area contributed by atoms with Crippen LogP contribution in [0.2, 0.25) is 0 Å². The van der Waals surface area contributed by atoms with Crippen molar-refractivity contribution in [3.63, 3.8) is 0 Å². The molecule has 0 aromatic carbocycles. The Hall–Kier alpha value is -0.960. The van der Waals surface area contributed by atoms with Crippen LogP contribution < -0.4 is 5.32 Å². The molecule has 0 aliphatic carbocycles. The Bertz CT molecular complexity index is 655. The summed E-state index contributed by atoms with van der Waals surface area (Å²) in [7, 11) is -3.46. The molecule has 0 radical (unpaired) electrons. The second-order valence-electron chi connectivity index (χ2n) is 6.46. The minimum absolute atomic E-state index is 0.0385. The monoisotopic (exact) mass is 374 g/mol. The summed E-state index contributed by atoms with van der Waals surface area (Å²) in [5.41, 5.74) is 0. The third-order valence-corrected chi connectivity index (χ3v) is 7.42. The molecule has 2 heterocycles. The smallest absolute Gasteiger partial charge is 0.252 e. The Morgan fingerprint density at radius 2 is 2.21 bits per heavy atom. The van der Waals surface area contributed by atoms with Crippen LogP contribution in [0, 0.1) is 5.92 Å². The summed E-state index contributed by atoms with van der Waals surface area (Å²) < 4.78 is 32.6. The van der Waals surface area contributed by atoms with E-state index < -0.39 is 10.0 Å². The quantitative estimate of drug-likeness (QED) is 0.790. The average molecular weight is 375 g/mol. The Morgan fingerprint density at radius 1 is 1.46 bits per heavy atom. The third kappa shape index (κ3) is 5.02. The molecule has 24 heavy (non-hydrogen) atoms. The minimum Gasteiger partial charge on any atom is -0.378 e. The van der Waals surface area contributed by atoms with E-state index >= 15 is 0 Å². The molecule has 1 aromatic heterocycles. The number of amides is 1. The van der Waals surface area contributed by atoms with Crippen LogP contribution in [0.3, 0.4) is 0 Å². The molecule has 1 aliphatic rings. The van der Waals surface area contributed by atoms with Gasteiger partial charge in [0, 0.05) is 30.4 Å². The summed E-state index contributed by atoms with van der Waals surface area (Å²) in [6, 6.07) is 3.34. The van der Waals surface area contributed by atoms with Gasteiger partial charge in [0.1, 0.15) is 4.21 Å². The van der Waals surface area contributed by atoms with Crippen molar-refractivity contribution < 1.29 is 17.9 Å². The lowest BCUT2D eigenvalue weighted by Crippen LogP contribution is -2.46.